The number of anilines is 1. The first-order chi connectivity index (χ1) is 15.0. The molecule has 1 heterocycles. The predicted molar refractivity (Wildman–Crippen MR) is 115 cm³/mol. The fourth-order valence-corrected chi connectivity index (χ4v) is 4.59. The number of fused-ring (bicyclic) bond motifs is 1. The molecule has 0 unspecified atom stereocenters. The Bertz CT molecular complexity index is 1100. The van der Waals surface area contributed by atoms with Gasteiger partial charge in [0.1, 0.15) is 5.00 Å². The van der Waals surface area contributed by atoms with Crippen LogP contribution in [0.15, 0.2) is 30.5 Å². The summed E-state index contributed by atoms with van der Waals surface area (Å²) >= 11 is 1.03. The maximum Gasteiger partial charge on any atom is 0.416 e. The molecule has 0 atom stereocenters. The highest BCUT2D eigenvalue weighted by Gasteiger charge is 2.34. The van der Waals surface area contributed by atoms with Gasteiger partial charge >= 0.3 is 12.1 Å². The third-order valence-corrected chi connectivity index (χ3v) is 5.88. The molecule has 3 rings (SSSR count). The molecule has 10 heteroatoms. The number of ether oxygens (including phenoxy) is 1. The minimum atomic E-state index is -4.60. The third kappa shape index (κ3) is 4.85. The molecule has 1 aliphatic carbocycles. The predicted octanol–water partition coefficient (Wildman–Crippen LogP) is 4.61. The fourth-order valence-electron chi connectivity index (χ4n) is 3.33. The van der Waals surface area contributed by atoms with Crippen LogP contribution in [0, 0.1) is 0 Å². The molecule has 170 valence electrons. The van der Waals surface area contributed by atoms with E-state index in [0.717, 1.165) is 29.5 Å². The Hall–Kier alpha value is -3.14. The number of amides is 1. The average molecular weight is 466 g/mol. The van der Waals surface area contributed by atoms with Gasteiger partial charge in [-0.1, -0.05) is 6.07 Å². The number of ketones is 1. The van der Waals surface area contributed by atoms with Gasteiger partial charge < -0.3 is 15.0 Å². The Kier molecular flexibility index (Phi) is 6.73. The minimum absolute atomic E-state index is 0.0985. The van der Waals surface area contributed by atoms with E-state index >= 15 is 0 Å². The zero-order valence-electron chi connectivity index (χ0n) is 17.6. The summed E-state index contributed by atoms with van der Waals surface area (Å²) in [5.74, 6) is -1.56. The quantitative estimate of drug-likeness (QED) is 0.514. The van der Waals surface area contributed by atoms with Gasteiger partial charge in [0.05, 0.1) is 23.3 Å². The highest BCUT2D eigenvalue weighted by molar-refractivity contribution is 7.18. The smallest absolute Gasteiger partial charge is 0.416 e. The second-order valence-electron chi connectivity index (χ2n) is 7.30. The van der Waals surface area contributed by atoms with E-state index in [1.807, 2.05) is 0 Å². The summed E-state index contributed by atoms with van der Waals surface area (Å²) in [5, 5.41) is 2.68. The van der Waals surface area contributed by atoms with Gasteiger partial charge in [0.15, 0.2) is 5.78 Å². The van der Waals surface area contributed by atoms with Crippen LogP contribution in [-0.2, 0) is 22.1 Å². The minimum Gasteiger partial charge on any atom is -0.462 e. The number of hydrogen-bond donors (Lipinski definition) is 1. The van der Waals surface area contributed by atoms with Crippen LogP contribution in [0.25, 0.3) is 5.57 Å². The van der Waals surface area contributed by atoms with Crippen molar-refractivity contribution in [2.75, 3.05) is 26.0 Å². The Morgan fingerprint density at radius 2 is 1.97 bits per heavy atom. The molecular weight excluding hydrogens is 445 g/mol. The summed E-state index contributed by atoms with van der Waals surface area (Å²) in [6.45, 7) is 1.74. The molecule has 1 amide bonds. The van der Waals surface area contributed by atoms with E-state index in [4.69, 9.17) is 4.74 Å². The summed E-state index contributed by atoms with van der Waals surface area (Å²) in [4.78, 5) is 40.2. The maximum absolute atomic E-state index is 13.0. The number of alkyl halides is 3. The van der Waals surface area contributed by atoms with Crippen LogP contribution < -0.4 is 5.32 Å². The molecule has 0 saturated carbocycles. The number of rotatable bonds is 5. The first-order valence-electron chi connectivity index (χ1n) is 9.76. The number of nitrogens with zero attached hydrogens (tertiary/aromatic N) is 1. The van der Waals surface area contributed by atoms with Crippen LogP contribution in [0.3, 0.4) is 0 Å². The number of Topliss-reactive ketones (excluding diaryl/α,β-unsaturated/α-hetero) is 1. The molecule has 0 spiro atoms. The second-order valence-corrected chi connectivity index (χ2v) is 8.32. The lowest BCUT2D eigenvalue weighted by molar-refractivity contribution is -0.137. The van der Waals surface area contributed by atoms with Gasteiger partial charge in [-0.15, -0.1) is 11.3 Å². The van der Waals surface area contributed by atoms with E-state index in [1.165, 1.54) is 6.07 Å². The normalized spacial score (nSPS) is 14.8. The van der Waals surface area contributed by atoms with Crippen molar-refractivity contribution in [1.29, 1.82) is 0 Å². The number of nitrogens with one attached hydrogen (secondary N) is 1. The first kappa shape index (κ1) is 23.5. The molecule has 0 radical (unpaired) electrons. The van der Waals surface area contributed by atoms with Crippen LogP contribution in [0.4, 0.5) is 18.2 Å². The van der Waals surface area contributed by atoms with E-state index in [9.17, 15) is 27.6 Å². The van der Waals surface area contributed by atoms with Gasteiger partial charge in [-0.2, -0.15) is 13.2 Å². The molecule has 1 N–H and O–H groups in total. The number of esters is 1. The van der Waals surface area contributed by atoms with Crippen LogP contribution in [-0.4, -0.2) is 43.3 Å². The Labute approximate surface area is 186 Å². The van der Waals surface area contributed by atoms with Gasteiger partial charge in [-0.25, -0.2) is 4.79 Å². The summed E-state index contributed by atoms with van der Waals surface area (Å²) in [7, 11) is 3.51. The van der Waals surface area contributed by atoms with Gasteiger partial charge in [0.2, 0.25) is 0 Å². The van der Waals surface area contributed by atoms with Crippen molar-refractivity contribution in [3.05, 3.63) is 57.6 Å². The molecule has 0 fully saturated rings. The first-order valence-corrected chi connectivity index (χ1v) is 10.6. The van der Waals surface area contributed by atoms with Crippen molar-refractivity contribution in [2.24, 2.45) is 0 Å². The maximum atomic E-state index is 13.0. The lowest BCUT2D eigenvalue weighted by Crippen LogP contribution is -2.18. The number of hydrogen-bond acceptors (Lipinski definition) is 6. The SMILES string of the molecule is CCOC(=O)c1c(NC(=O)c2cccc(C(F)(F)F)c2)sc2c1CCC(=O)/C2=C\N(C)C. The largest absolute Gasteiger partial charge is 0.462 e. The molecule has 0 aliphatic heterocycles. The van der Waals surface area contributed by atoms with Gasteiger partial charge in [-0.3, -0.25) is 9.59 Å². The standard InChI is InChI=1S/C22H21F3N2O4S/c1-4-31-21(30)17-14-8-9-16(28)15(11-27(2)3)18(14)32-20(17)26-19(29)12-6-5-7-13(10-12)22(23,24)25/h5-7,10-11H,4,8-9H2,1-3H3,(H,26,29)/b15-11+. The van der Waals surface area contributed by atoms with Gasteiger partial charge in [0, 0.05) is 37.2 Å². The fraction of sp³-hybridized carbons (Fsp3) is 0.318. The van der Waals surface area contributed by atoms with E-state index in [0.29, 0.717) is 22.4 Å². The van der Waals surface area contributed by atoms with E-state index in [2.05, 4.69) is 5.32 Å². The molecular formula is C22H21F3N2O4S. The van der Waals surface area contributed by atoms with Crippen LogP contribution in [0.2, 0.25) is 0 Å². The Balaban J connectivity index is 2.06. The molecule has 1 aromatic carbocycles. The Morgan fingerprint density at radius 1 is 1.25 bits per heavy atom. The van der Waals surface area contributed by atoms with E-state index in [1.54, 1.807) is 32.1 Å². The highest BCUT2D eigenvalue weighted by Crippen LogP contribution is 2.42. The molecule has 0 saturated heterocycles. The van der Waals surface area contributed by atoms with Crippen molar-refractivity contribution in [1.82, 2.24) is 4.90 Å². The number of benzene rings is 1. The molecule has 6 nitrogen and oxygen atoms in total. The molecule has 1 aromatic heterocycles. The van der Waals surface area contributed by atoms with Crippen LogP contribution >= 0.6 is 11.3 Å². The van der Waals surface area contributed by atoms with Crippen molar-refractivity contribution in [3.8, 4) is 0 Å². The topological polar surface area (TPSA) is 75.7 Å². The molecule has 1 aliphatic rings. The average Bonchev–Trinajstić information content (AvgIpc) is 3.08. The van der Waals surface area contributed by atoms with E-state index in [-0.39, 0.29) is 34.9 Å². The number of allylic oxidation sites excluding steroid dienone is 1. The van der Waals surface area contributed by atoms with Crippen molar-refractivity contribution in [3.63, 3.8) is 0 Å². The molecule has 2 aromatic rings. The summed E-state index contributed by atoms with van der Waals surface area (Å²) in [6.07, 6.45) is -2.47. The van der Waals surface area contributed by atoms with Crippen molar-refractivity contribution in [2.45, 2.75) is 25.9 Å². The summed E-state index contributed by atoms with van der Waals surface area (Å²) < 4.78 is 44.2. The van der Waals surface area contributed by atoms with Gasteiger partial charge in [0.25, 0.3) is 5.91 Å². The van der Waals surface area contributed by atoms with Crippen LogP contribution in [0.1, 0.15) is 50.1 Å². The highest BCUT2D eigenvalue weighted by atomic mass is 32.1. The monoisotopic (exact) mass is 466 g/mol. The number of thiophene rings is 1. The number of halogens is 3. The summed E-state index contributed by atoms with van der Waals surface area (Å²) in [6, 6.07) is 4.01. The number of carbonyl (C=O) groups is 3. The van der Waals surface area contributed by atoms with Crippen molar-refractivity contribution >= 4 is 39.6 Å². The van der Waals surface area contributed by atoms with Crippen LogP contribution in [0.5, 0.6) is 0 Å². The zero-order chi connectivity index (χ0) is 23.6. The van der Waals surface area contributed by atoms with Gasteiger partial charge in [-0.05, 0) is 37.1 Å². The second kappa shape index (κ2) is 9.15. The Morgan fingerprint density at radius 3 is 2.59 bits per heavy atom. The van der Waals surface area contributed by atoms with Crippen molar-refractivity contribution < 1.29 is 32.3 Å². The third-order valence-electron chi connectivity index (χ3n) is 4.70. The molecule has 32 heavy (non-hydrogen) atoms. The lowest BCUT2D eigenvalue weighted by Gasteiger charge is -2.17. The number of carbonyl (C=O) groups excluding carboxylic acids is 3. The van der Waals surface area contributed by atoms with E-state index < -0.39 is 23.6 Å². The molecule has 0 bridgehead atoms. The zero-order valence-corrected chi connectivity index (χ0v) is 18.4. The summed E-state index contributed by atoms with van der Waals surface area (Å²) in [5.41, 5.74) is -0.0413. The lowest BCUT2D eigenvalue weighted by atomic mass is 9.91.